The lowest BCUT2D eigenvalue weighted by Crippen LogP contribution is -2.42. The standard InChI is InChI=1S/C13H19FN2O/c1-9(2)17-13-4-3-10(7-11(13)14)12-8-15-5-6-16-12/h3-4,7,9,12,15-16H,5-6,8H2,1-2H3. The molecular formula is C13H19FN2O. The Morgan fingerprint density at radius 3 is 2.76 bits per heavy atom. The first-order chi connectivity index (χ1) is 8.16. The van der Waals surface area contributed by atoms with Gasteiger partial charge in [0.2, 0.25) is 0 Å². The van der Waals surface area contributed by atoms with Crippen molar-refractivity contribution in [2.24, 2.45) is 0 Å². The van der Waals surface area contributed by atoms with Gasteiger partial charge in [-0.2, -0.15) is 0 Å². The summed E-state index contributed by atoms with van der Waals surface area (Å²) < 4.78 is 19.2. The number of halogens is 1. The molecule has 0 spiro atoms. The van der Waals surface area contributed by atoms with Gasteiger partial charge in [-0.15, -0.1) is 0 Å². The van der Waals surface area contributed by atoms with E-state index in [0.29, 0.717) is 5.75 Å². The predicted octanol–water partition coefficient (Wildman–Crippen LogP) is 1.85. The third kappa shape index (κ3) is 3.17. The fourth-order valence-electron chi connectivity index (χ4n) is 1.97. The summed E-state index contributed by atoms with van der Waals surface area (Å²) in [5.74, 6) is 0.0380. The van der Waals surface area contributed by atoms with Gasteiger partial charge >= 0.3 is 0 Å². The fourth-order valence-corrected chi connectivity index (χ4v) is 1.97. The number of benzene rings is 1. The summed E-state index contributed by atoms with van der Waals surface area (Å²) in [5, 5.41) is 6.64. The second kappa shape index (κ2) is 5.47. The van der Waals surface area contributed by atoms with E-state index in [1.807, 2.05) is 19.9 Å². The van der Waals surface area contributed by atoms with Crippen LogP contribution in [-0.2, 0) is 0 Å². The van der Waals surface area contributed by atoms with Crippen molar-refractivity contribution in [1.82, 2.24) is 10.6 Å². The summed E-state index contributed by atoms with van der Waals surface area (Å²) in [7, 11) is 0. The first-order valence-corrected chi connectivity index (χ1v) is 6.07. The zero-order chi connectivity index (χ0) is 12.3. The molecule has 94 valence electrons. The second-order valence-electron chi connectivity index (χ2n) is 4.57. The molecule has 2 N–H and O–H groups in total. The Balaban J connectivity index is 2.12. The summed E-state index contributed by atoms with van der Waals surface area (Å²) in [6, 6.07) is 5.38. The maximum atomic E-state index is 13.8. The van der Waals surface area contributed by atoms with Crippen molar-refractivity contribution in [3.8, 4) is 5.75 Å². The van der Waals surface area contributed by atoms with E-state index >= 15 is 0 Å². The molecule has 0 radical (unpaired) electrons. The highest BCUT2D eigenvalue weighted by molar-refractivity contribution is 5.31. The van der Waals surface area contributed by atoms with E-state index in [1.165, 1.54) is 0 Å². The van der Waals surface area contributed by atoms with Crippen molar-refractivity contribution in [2.45, 2.75) is 26.0 Å². The average Bonchev–Trinajstić information content (AvgIpc) is 2.32. The number of rotatable bonds is 3. The Labute approximate surface area is 101 Å². The third-order valence-corrected chi connectivity index (χ3v) is 2.76. The largest absolute Gasteiger partial charge is 0.488 e. The van der Waals surface area contributed by atoms with Crippen molar-refractivity contribution in [2.75, 3.05) is 19.6 Å². The van der Waals surface area contributed by atoms with E-state index in [-0.39, 0.29) is 18.0 Å². The molecule has 1 fully saturated rings. The Hall–Kier alpha value is -1.13. The highest BCUT2D eigenvalue weighted by Gasteiger charge is 2.16. The minimum Gasteiger partial charge on any atom is -0.488 e. The molecular weight excluding hydrogens is 219 g/mol. The van der Waals surface area contributed by atoms with Crippen molar-refractivity contribution in [3.05, 3.63) is 29.6 Å². The van der Waals surface area contributed by atoms with E-state index in [9.17, 15) is 4.39 Å². The molecule has 0 aromatic heterocycles. The molecule has 2 rings (SSSR count). The smallest absolute Gasteiger partial charge is 0.165 e. The van der Waals surface area contributed by atoms with Crippen LogP contribution in [0.4, 0.5) is 4.39 Å². The minimum atomic E-state index is -0.288. The van der Waals surface area contributed by atoms with Crippen LogP contribution in [-0.4, -0.2) is 25.7 Å². The van der Waals surface area contributed by atoms with Gasteiger partial charge in [0.15, 0.2) is 11.6 Å². The Morgan fingerprint density at radius 1 is 1.35 bits per heavy atom. The molecule has 1 aliphatic heterocycles. The van der Waals surface area contributed by atoms with Crippen molar-refractivity contribution in [1.29, 1.82) is 0 Å². The van der Waals surface area contributed by atoms with Crippen LogP contribution in [0.3, 0.4) is 0 Å². The molecule has 4 heteroatoms. The van der Waals surface area contributed by atoms with E-state index in [2.05, 4.69) is 10.6 Å². The first-order valence-electron chi connectivity index (χ1n) is 6.07. The molecule has 0 bridgehead atoms. The van der Waals surface area contributed by atoms with Crippen LogP contribution in [0.5, 0.6) is 5.75 Å². The molecule has 0 saturated carbocycles. The van der Waals surface area contributed by atoms with E-state index in [0.717, 1.165) is 25.2 Å². The van der Waals surface area contributed by atoms with Crippen LogP contribution in [0, 0.1) is 5.82 Å². The molecule has 0 aliphatic carbocycles. The quantitative estimate of drug-likeness (QED) is 0.843. The zero-order valence-corrected chi connectivity index (χ0v) is 10.3. The lowest BCUT2D eigenvalue weighted by molar-refractivity contribution is 0.231. The van der Waals surface area contributed by atoms with Gasteiger partial charge in [0.25, 0.3) is 0 Å². The van der Waals surface area contributed by atoms with Gasteiger partial charge in [0, 0.05) is 25.7 Å². The highest BCUT2D eigenvalue weighted by Crippen LogP contribution is 2.23. The highest BCUT2D eigenvalue weighted by atomic mass is 19.1. The molecule has 0 amide bonds. The molecule has 1 aromatic carbocycles. The van der Waals surface area contributed by atoms with Crippen LogP contribution in [0.2, 0.25) is 0 Å². The number of nitrogens with one attached hydrogen (secondary N) is 2. The lowest BCUT2D eigenvalue weighted by Gasteiger charge is -2.25. The lowest BCUT2D eigenvalue weighted by atomic mass is 10.1. The summed E-state index contributed by atoms with van der Waals surface area (Å²) in [6.07, 6.45) is -0.00942. The van der Waals surface area contributed by atoms with Crippen molar-refractivity contribution in [3.63, 3.8) is 0 Å². The van der Waals surface area contributed by atoms with Crippen LogP contribution < -0.4 is 15.4 Å². The number of ether oxygens (including phenoxy) is 1. The average molecular weight is 238 g/mol. The summed E-state index contributed by atoms with van der Waals surface area (Å²) in [5.41, 5.74) is 0.964. The van der Waals surface area contributed by atoms with E-state index in [4.69, 9.17) is 4.74 Å². The van der Waals surface area contributed by atoms with Crippen LogP contribution in [0.1, 0.15) is 25.5 Å². The van der Waals surface area contributed by atoms with Gasteiger partial charge in [-0.1, -0.05) is 6.07 Å². The van der Waals surface area contributed by atoms with Gasteiger partial charge < -0.3 is 15.4 Å². The van der Waals surface area contributed by atoms with Gasteiger partial charge in [0.1, 0.15) is 0 Å². The number of hydrogen-bond donors (Lipinski definition) is 2. The molecule has 3 nitrogen and oxygen atoms in total. The van der Waals surface area contributed by atoms with Gasteiger partial charge in [0.05, 0.1) is 6.10 Å². The van der Waals surface area contributed by atoms with Gasteiger partial charge in [-0.05, 0) is 31.5 Å². The van der Waals surface area contributed by atoms with Crippen molar-refractivity contribution < 1.29 is 9.13 Å². The monoisotopic (exact) mass is 238 g/mol. The molecule has 1 unspecified atom stereocenters. The summed E-state index contributed by atoms with van der Waals surface area (Å²) in [4.78, 5) is 0. The minimum absolute atomic E-state index is 0.00942. The third-order valence-electron chi connectivity index (χ3n) is 2.76. The second-order valence-corrected chi connectivity index (χ2v) is 4.57. The topological polar surface area (TPSA) is 33.3 Å². The summed E-state index contributed by atoms with van der Waals surface area (Å²) in [6.45, 7) is 6.49. The molecule has 1 atom stereocenters. The zero-order valence-electron chi connectivity index (χ0n) is 10.3. The van der Waals surface area contributed by atoms with E-state index < -0.39 is 0 Å². The maximum Gasteiger partial charge on any atom is 0.165 e. The number of piperazine rings is 1. The van der Waals surface area contributed by atoms with Crippen molar-refractivity contribution >= 4 is 0 Å². The van der Waals surface area contributed by atoms with Gasteiger partial charge in [-0.3, -0.25) is 0 Å². The summed E-state index contributed by atoms with van der Waals surface area (Å²) >= 11 is 0. The normalized spacial score (nSPS) is 20.6. The van der Waals surface area contributed by atoms with Gasteiger partial charge in [-0.25, -0.2) is 4.39 Å². The molecule has 1 aliphatic rings. The fraction of sp³-hybridized carbons (Fsp3) is 0.538. The molecule has 1 saturated heterocycles. The maximum absolute atomic E-state index is 13.8. The Kier molecular flexibility index (Phi) is 3.97. The number of hydrogen-bond acceptors (Lipinski definition) is 3. The van der Waals surface area contributed by atoms with Crippen LogP contribution >= 0.6 is 0 Å². The molecule has 1 aromatic rings. The predicted molar refractivity (Wildman–Crippen MR) is 65.8 cm³/mol. The SMILES string of the molecule is CC(C)Oc1ccc(C2CNCCN2)cc1F. The van der Waals surface area contributed by atoms with E-state index in [1.54, 1.807) is 12.1 Å². The first kappa shape index (κ1) is 12.3. The Morgan fingerprint density at radius 2 is 2.18 bits per heavy atom. The Bertz CT molecular complexity index is 376. The van der Waals surface area contributed by atoms with Crippen LogP contribution in [0.25, 0.3) is 0 Å². The molecule has 1 heterocycles. The van der Waals surface area contributed by atoms with Crippen LogP contribution in [0.15, 0.2) is 18.2 Å². The molecule has 17 heavy (non-hydrogen) atoms.